The summed E-state index contributed by atoms with van der Waals surface area (Å²) >= 11 is 6.00. The molecular formula is C12H17ClN6. The molecule has 0 unspecified atom stereocenters. The van der Waals surface area contributed by atoms with Crippen molar-refractivity contribution in [1.82, 2.24) is 0 Å². The molecular weight excluding hydrogens is 264 g/mol. The van der Waals surface area contributed by atoms with E-state index < -0.39 is 0 Å². The van der Waals surface area contributed by atoms with Gasteiger partial charge in [-0.1, -0.05) is 11.6 Å². The van der Waals surface area contributed by atoms with Crippen LogP contribution in [0.25, 0.3) is 0 Å². The van der Waals surface area contributed by atoms with Gasteiger partial charge in [-0.05, 0) is 31.0 Å². The lowest BCUT2D eigenvalue weighted by molar-refractivity contribution is 0.949. The first kappa shape index (κ1) is 13.5. The van der Waals surface area contributed by atoms with Crippen LogP contribution < -0.4 is 22.1 Å². The summed E-state index contributed by atoms with van der Waals surface area (Å²) in [6.45, 7) is 2.01. The van der Waals surface area contributed by atoms with Crippen LogP contribution in [0.4, 0.5) is 11.4 Å². The van der Waals surface area contributed by atoms with Gasteiger partial charge in [-0.15, -0.1) is 0 Å². The Hall–Kier alpha value is -1.95. The Balaban J connectivity index is 2.37. The first-order chi connectivity index (χ1) is 9.06. The van der Waals surface area contributed by atoms with Crippen molar-refractivity contribution in [3.05, 3.63) is 23.2 Å². The van der Waals surface area contributed by atoms with Crippen molar-refractivity contribution in [2.45, 2.75) is 12.8 Å². The van der Waals surface area contributed by atoms with Gasteiger partial charge in [-0.25, -0.2) is 4.99 Å². The minimum Gasteiger partial charge on any atom is -0.370 e. The average molecular weight is 281 g/mol. The van der Waals surface area contributed by atoms with E-state index >= 15 is 0 Å². The summed E-state index contributed by atoms with van der Waals surface area (Å²) in [5.74, 6) is -0.103. The normalized spacial score (nSPS) is 15.6. The van der Waals surface area contributed by atoms with Crippen LogP contribution in [0.3, 0.4) is 0 Å². The Bertz CT molecular complexity index is 515. The van der Waals surface area contributed by atoms with Gasteiger partial charge in [0.05, 0.1) is 11.4 Å². The molecule has 2 rings (SSSR count). The fourth-order valence-corrected chi connectivity index (χ4v) is 2.26. The van der Waals surface area contributed by atoms with E-state index in [1.807, 2.05) is 12.1 Å². The van der Waals surface area contributed by atoms with Gasteiger partial charge in [0.25, 0.3) is 0 Å². The van der Waals surface area contributed by atoms with Crippen molar-refractivity contribution >= 4 is 34.9 Å². The summed E-state index contributed by atoms with van der Waals surface area (Å²) in [5, 5.41) is 0.596. The smallest absolute Gasteiger partial charge is 0.223 e. The lowest BCUT2D eigenvalue weighted by atomic mass is 10.2. The van der Waals surface area contributed by atoms with E-state index in [-0.39, 0.29) is 11.9 Å². The Morgan fingerprint density at radius 1 is 1.16 bits per heavy atom. The summed E-state index contributed by atoms with van der Waals surface area (Å²) in [4.78, 5) is 10.2. The lowest BCUT2D eigenvalue weighted by Crippen LogP contribution is -2.26. The number of hydrogen-bond donors (Lipinski definition) is 3. The van der Waals surface area contributed by atoms with E-state index in [0.29, 0.717) is 10.7 Å². The van der Waals surface area contributed by atoms with Crippen LogP contribution in [-0.4, -0.2) is 25.0 Å². The van der Waals surface area contributed by atoms with Crippen molar-refractivity contribution in [3.63, 3.8) is 0 Å². The minimum absolute atomic E-state index is 0.0164. The zero-order valence-corrected chi connectivity index (χ0v) is 11.3. The standard InChI is InChI=1S/C12H17ClN6/c13-8-3-4-10(19-5-1-2-6-19)9(7-8)17-12(16)18-11(14)15/h3-4,7H,1-2,5-6H2,(H6,14,15,16,17,18). The van der Waals surface area contributed by atoms with E-state index in [1.54, 1.807) is 6.07 Å². The van der Waals surface area contributed by atoms with Crippen LogP contribution in [0.15, 0.2) is 28.2 Å². The molecule has 7 heteroatoms. The number of anilines is 1. The van der Waals surface area contributed by atoms with Crippen molar-refractivity contribution in [2.75, 3.05) is 18.0 Å². The molecule has 0 spiro atoms. The molecule has 6 N–H and O–H groups in total. The first-order valence-corrected chi connectivity index (χ1v) is 6.42. The molecule has 0 bridgehead atoms. The molecule has 1 heterocycles. The number of halogens is 1. The molecule has 0 saturated carbocycles. The van der Waals surface area contributed by atoms with Gasteiger partial charge in [0, 0.05) is 18.1 Å². The molecule has 0 aliphatic carbocycles. The third-order valence-corrected chi connectivity index (χ3v) is 3.10. The monoisotopic (exact) mass is 280 g/mol. The SMILES string of the molecule is NC(N)=NC(N)=Nc1cc(Cl)ccc1N1CCCC1. The Morgan fingerprint density at radius 3 is 2.47 bits per heavy atom. The third kappa shape index (κ3) is 3.51. The fourth-order valence-electron chi connectivity index (χ4n) is 2.09. The highest BCUT2D eigenvalue weighted by atomic mass is 35.5. The molecule has 1 aliphatic heterocycles. The van der Waals surface area contributed by atoms with Gasteiger partial charge in [-0.3, -0.25) is 0 Å². The van der Waals surface area contributed by atoms with E-state index in [1.165, 1.54) is 12.8 Å². The molecule has 1 aromatic carbocycles. The molecule has 6 nitrogen and oxygen atoms in total. The number of benzene rings is 1. The molecule has 1 saturated heterocycles. The van der Waals surface area contributed by atoms with Crippen LogP contribution in [-0.2, 0) is 0 Å². The minimum atomic E-state index is -0.119. The molecule has 1 aromatic rings. The quantitative estimate of drug-likeness (QED) is 0.558. The molecule has 19 heavy (non-hydrogen) atoms. The third-order valence-electron chi connectivity index (χ3n) is 2.86. The maximum absolute atomic E-state index is 6.00. The van der Waals surface area contributed by atoms with Crippen LogP contribution in [0.1, 0.15) is 12.8 Å². The van der Waals surface area contributed by atoms with Crippen molar-refractivity contribution in [3.8, 4) is 0 Å². The average Bonchev–Trinajstić information content (AvgIpc) is 2.81. The number of guanidine groups is 2. The molecule has 0 atom stereocenters. The molecule has 1 fully saturated rings. The predicted molar refractivity (Wildman–Crippen MR) is 80.0 cm³/mol. The zero-order chi connectivity index (χ0) is 13.8. The van der Waals surface area contributed by atoms with Crippen LogP contribution in [0.2, 0.25) is 5.02 Å². The van der Waals surface area contributed by atoms with Gasteiger partial charge in [0.15, 0.2) is 5.96 Å². The van der Waals surface area contributed by atoms with Crippen molar-refractivity contribution in [2.24, 2.45) is 27.2 Å². The summed E-state index contributed by atoms with van der Waals surface area (Å²) in [6, 6.07) is 5.53. The topological polar surface area (TPSA) is 106 Å². The fraction of sp³-hybridized carbons (Fsp3) is 0.333. The number of rotatable bonds is 2. The molecule has 0 amide bonds. The number of aliphatic imine (C=N–C) groups is 2. The lowest BCUT2D eigenvalue weighted by Gasteiger charge is -2.19. The van der Waals surface area contributed by atoms with Gasteiger partial charge in [0.1, 0.15) is 0 Å². The Labute approximate surface area is 116 Å². The highest BCUT2D eigenvalue weighted by molar-refractivity contribution is 6.31. The first-order valence-electron chi connectivity index (χ1n) is 6.04. The predicted octanol–water partition coefficient (Wildman–Crippen LogP) is 1.16. The highest BCUT2D eigenvalue weighted by Crippen LogP contribution is 2.33. The molecule has 102 valence electrons. The van der Waals surface area contributed by atoms with E-state index in [9.17, 15) is 0 Å². The molecule has 0 aromatic heterocycles. The number of nitrogens with zero attached hydrogens (tertiary/aromatic N) is 3. The summed E-state index contributed by atoms with van der Waals surface area (Å²) in [6.07, 6.45) is 2.35. The maximum atomic E-state index is 6.00. The van der Waals surface area contributed by atoms with Crippen molar-refractivity contribution in [1.29, 1.82) is 0 Å². The van der Waals surface area contributed by atoms with Gasteiger partial charge in [0.2, 0.25) is 5.96 Å². The van der Waals surface area contributed by atoms with Crippen molar-refractivity contribution < 1.29 is 0 Å². The summed E-state index contributed by atoms with van der Waals surface area (Å²) in [7, 11) is 0. The molecule has 0 radical (unpaired) electrons. The highest BCUT2D eigenvalue weighted by Gasteiger charge is 2.16. The second-order valence-corrected chi connectivity index (χ2v) is 4.77. The Morgan fingerprint density at radius 2 is 1.84 bits per heavy atom. The van der Waals surface area contributed by atoms with Crippen LogP contribution in [0, 0.1) is 0 Å². The summed E-state index contributed by atoms with van der Waals surface area (Å²) < 4.78 is 0. The zero-order valence-electron chi connectivity index (χ0n) is 10.5. The van der Waals surface area contributed by atoms with Gasteiger partial charge in [-0.2, -0.15) is 4.99 Å². The van der Waals surface area contributed by atoms with Gasteiger partial charge >= 0.3 is 0 Å². The van der Waals surface area contributed by atoms with Crippen LogP contribution in [0.5, 0.6) is 0 Å². The van der Waals surface area contributed by atoms with Gasteiger partial charge < -0.3 is 22.1 Å². The summed E-state index contributed by atoms with van der Waals surface area (Å²) in [5.41, 5.74) is 17.9. The van der Waals surface area contributed by atoms with E-state index in [4.69, 9.17) is 28.8 Å². The largest absolute Gasteiger partial charge is 0.370 e. The number of nitrogens with two attached hydrogens (primary N) is 3. The maximum Gasteiger partial charge on any atom is 0.223 e. The molecule has 1 aliphatic rings. The Kier molecular flexibility index (Phi) is 4.11. The van der Waals surface area contributed by atoms with E-state index in [2.05, 4.69) is 14.9 Å². The number of hydrogen-bond acceptors (Lipinski definition) is 2. The van der Waals surface area contributed by atoms with E-state index in [0.717, 1.165) is 18.8 Å². The second-order valence-electron chi connectivity index (χ2n) is 4.33. The second kappa shape index (κ2) is 5.79. The van der Waals surface area contributed by atoms with Crippen LogP contribution >= 0.6 is 11.6 Å².